The summed E-state index contributed by atoms with van der Waals surface area (Å²) in [5.74, 6) is -0.320. The topological polar surface area (TPSA) is 54.9 Å². The first-order valence-electron chi connectivity index (χ1n) is 4.74. The molecule has 0 fully saturated rings. The monoisotopic (exact) mass is 265 g/mol. The number of hydrogen-bond donors (Lipinski definition) is 2. The van der Waals surface area contributed by atoms with Crippen LogP contribution in [0.1, 0.15) is 10.6 Å². The molecular formula is C11H8ClN3OS. The first-order valence-corrected chi connectivity index (χ1v) is 5.57. The normalized spacial score (nSPS) is 10.0. The van der Waals surface area contributed by atoms with Crippen LogP contribution in [-0.4, -0.2) is 15.9 Å². The predicted octanol–water partition coefficient (Wildman–Crippen LogP) is 2.67. The number of hydrogen-bond acceptors (Lipinski definition) is 4. The molecule has 0 aliphatic rings. The molecule has 1 aromatic carbocycles. The fourth-order valence-electron chi connectivity index (χ4n) is 1.21. The highest BCUT2D eigenvalue weighted by atomic mass is 35.5. The van der Waals surface area contributed by atoms with Crippen molar-refractivity contribution in [3.05, 3.63) is 47.5 Å². The summed E-state index contributed by atoms with van der Waals surface area (Å²) in [4.78, 5) is 20.0. The van der Waals surface area contributed by atoms with Gasteiger partial charge >= 0.3 is 0 Å². The molecule has 86 valence electrons. The highest BCUT2D eigenvalue weighted by Crippen LogP contribution is 2.28. The van der Waals surface area contributed by atoms with Gasteiger partial charge in [-0.3, -0.25) is 4.79 Å². The molecule has 17 heavy (non-hydrogen) atoms. The van der Waals surface area contributed by atoms with E-state index in [4.69, 9.17) is 11.6 Å². The summed E-state index contributed by atoms with van der Waals surface area (Å²) in [5.41, 5.74) is 0.483. The van der Waals surface area contributed by atoms with Crippen LogP contribution in [-0.2, 0) is 0 Å². The van der Waals surface area contributed by atoms with Crippen molar-refractivity contribution in [1.82, 2.24) is 9.97 Å². The first kappa shape index (κ1) is 11.9. The van der Waals surface area contributed by atoms with Gasteiger partial charge < -0.3 is 5.32 Å². The molecule has 2 aromatic rings. The minimum Gasteiger partial charge on any atom is -0.318 e. The van der Waals surface area contributed by atoms with E-state index < -0.39 is 5.91 Å². The Hall–Kier alpha value is -1.59. The number of carbonyl (C=O) groups is 1. The van der Waals surface area contributed by atoms with Crippen molar-refractivity contribution in [3.8, 4) is 0 Å². The van der Waals surface area contributed by atoms with Crippen LogP contribution in [0.25, 0.3) is 0 Å². The SMILES string of the molecule is O=C(Nc1cccc(S)c1Cl)c1ncccn1. The van der Waals surface area contributed by atoms with Crippen LogP contribution >= 0.6 is 24.2 Å². The van der Waals surface area contributed by atoms with Gasteiger partial charge in [0.25, 0.3) is 5.91 Å². The first-order chi connectivity index (χ1) is 8.18. The Morgan fingerprint density at radius 3 is 2.65 bits per heavy atom. The molecular weight excluding hydrogens is 258 g/mol. The lowest BCUT2D eigenvalue weighted by molar-refractivity contribution is 0.101. The molecule has 0 saturated carbocycles. The van der Waals surface area contributed by atoms with Crippen molar-refractivity contribution in [2.24, 2.45) is 0 Å². The van der Waals surface area contributed by atoms with Gasteiger partial charge in [-0.1, -0.05) is 17.7 Å². The third kappa shape index (κ3) is 2.75. The Balaban J connectivity index is 2.22. The van der Waals surface area contributed by atoms with E-state index in [1.165, 1.54) is 12.4 Å². The average Bonchev–Trinajstić information content (AvgIpc) is 2.36. The Bertz CT molecular complexity index is 548. The van der Waals surface area contributed by atoms with E-state index in [9.17, 15) is 4.79 Å². The third-order valence-electron chi connectivity index (χ3n) is 2.00. The van der Waals surface area contributed by atoms with Gasteiger partial charge in [0.2, 0.25) is 5.82 Å². The molecule has 0 atom stereocenters. The summed E-state index contributed by atoms with van der Waals surface area (Å²) < 4.78 is 0. The van der Waals surface area contributed by atoms with Crippen LogP contribution < -0.4 is 5.32 Å². The zero-order valence-corrected chi connectivity index (χ0v) is 10.2. The van der Waals surface area contributed by atoms with Gasteiger partial charge in [-0.25, -0.2) is 9.97 Å². The number of rotatable bonds is 2. The smallest absolute Gasteiger partial charge is 0.293 e. The van der Waals surface area contributed by atoms with Crippen molar-refractivity contribution in [1.29, 1.82) is 0 Å². The maximum atomic E-state index is 11.8. The summed E-state index contributed by atoms with van der Waals surface area (Å²) in [5, 5.41) is 3.01. The minimum atomic E-state index is -0.411. The Morgan fingerprint density at radius 1 is 1.24 bits per heavy atom. The Labute approximate surface area is 108 Å². The van der Waals surface area contributed by atoms with Gasteiger partial charge in [0.1, 0.15) is 0 Å². The molecule has 0 spiro atoms. The maximum Gasteiger partial charge on any atom is 0.293 e. The van der Waals surface area contributed by atoms with Crippen molar-refractivity contribution in [3.63, 3.8) is 0 Å². The lowest BCUT2D eigenvalue weighted by Crippen LogP contribution is -2.15. The van der Waals surface area contributed by atoms with E-state index >= 15 is 0 Å². The summed E-state index contributed by atoms with van der Waals surface area (Å²) in [6.07, 6.45) is 3.00. The van der Waals surface area contributed by atoms with Gasteiger partial charge in [-0.05, 0) is 18.2 Å². The summed E-state index contributed by atoms with van der Waals surface area (Å²) in [6, 6.07) is 6.80. The number of carbonyl (C=O) groups excluding carboxylic acids is 1. The summed E-state index contributed by atoms with van der Waals surface area (Å²) >= 11 is 10.2. The molecule has 2 rings (SSSR count). The molecule has 6 heteroatoms. The van der Waals surface area contributed by atoms with Gasteiger partial charge in [0.05, 0.1) is 10.7 Å². The van der Waals surface area contributed by atoms with Gasteiger partial charge in [0, 0.05) is 17.3 Å². The lowest BCUT2D eigenvalue weighted by atomic mass is 10.3. The molecule has 1 aromatic heterocycles. The predicted molar refractivity (Wildman–Crippen MR) is 68.7 cm³/mol. The van der Waals surface area contributed by atoms with Crippen molar-refractivity contribution < 1.29 is 4.79 Å². The van der Waals surface area contributed by atoms with Crippen molar-refractivity contribution >= 4 is 35.8 Å². The van der Waals surface area contributed by atoms with Gasteiger partial charge in [-0.15, -0.1) is 12.6 Å². The fourth-order valence-corrected chi connectivity index (χ4v) is 1.59. The molecule has 0 aliphatic heterocycles. The minimum absolute atomic E-state index is 0.0909. The van der Waals surface area contributed by atoms with Crippen LogP contribution in [0.2, 0.25) is 5.02 Å². The number of halogens is 1. The van der Waals surface area contributed by atoms with E-state index in [0.717, 1.165) is 0 Å². The standard InChI is InChI=1S/C11H8ClN3OS/c12-9-7(3-1-4-8(9)17)15-11(16)10-13-5-2-6-14-10/h1-6,17H,(H,15,16). The zero-order chi connectivity index (χ0) is 12.3. The third-order valence-corrected chi connectivity index (χ3v) is 2.91. The molecule has 1 heterocycles. The Kier molecular flexibility index (Phi) is 3.61. The number of anilines is 1. The number of amides is 1. The van der Waals surface area contributed by atoms with E-state index in [2.05, 4.69) is 27.9 Å². The largest absolute Gasteiger partial charge is 0.318 e. The fraction of sp³-hybridized carbons (Fsp3) is 0. The quantitative estimate of drug-likeness (QED) is 0.821. The number of nitrogens with one attached hydrogen (secondary N) is 1. The van der Waals surface area contributed by atoms with Crippen LogP contribution in [0.3, 0.4) is 0 Å². The zero-order valence-electron chi connectivity index (χ0n) is 8.59. The molecule has 0 radical (unpaired) electrons. The molecule has 0 unspecified atom stereocenters. The molecule has 1 amide bonds. The second-order valence-electron chi connectivity index (χ2n) is 3.17. The average molecular weight is 266 g/mol. The number of benzene rings is 1. The van der Waals surface area contributed by atoms with Crippen LogP contribution in [0.5, 0.6) is 0 Å². The second-order valence-corrected chi connectivity index (χ2v) is 4.02. The highest BCUT2D eigenvalue weighted by Gasteiger charge is 2.11. The molecule has 1 N–H and O–H groups in total. The molecule has 0 aliphatic carbocycles. The number of thiol groups is 1. The summed E-state index contributed by atoms with van der Waals surface area (Å²) in [7, 11) is 0. The maximum absolute atomic E-state index is 11.8. The van der Waals surface area contributed by atoms with Crippen LogP contribution in [0, 0.1) is 0 Å². The number of nitrogens with zero attached hydrogens (tertiary/aromatic N) is 2. The van der Waals surface area contributed by atoms with E-state index in [1.54, 1.807) is 24.3 Å². The van der Waals surface area contributed by atoms with Crippen LogP contribution in [0.4, 0.5) is 5.69 Å². The Morgan fingerprint density at radius 2 is 1.94 bits per heavy atom. The molecule has 0 bridgehead atoms. The second kappa shape index (κ2) is 5.16. The van der Waals surface area contributed by atoms with E-state index in [-0.39, 0.29) is 5.82 Å². The van der Waals surface area contributed by atoms with Gasteiger partial charge in [-0.2, -0.15) is 0 Å². The van der Waals surface area contributed by atoms with Crippen molar-refractivity contribution in [2.45, 2.75) is 4.90 Å². The molecule has 4 nitrogen and oxygen atoms in total. The van der Waals surface area contributed by atoms with Crippen molar-refractivity contribution in [2.75, 3.05) is 5.32 Å². The summed E-state index contributed by atoms with van der Waals surface area (Å²) in [6.45, 7) is 0. The van der Waals surface area contributed by atoms with Gasteiger partial charge in [0.15, 0.2) is 0 Å². The van der Waals surface area contributed by atoms with E-state index in [0.29, 0.717) is 15.6 Å². The highest BCUT2D eigenvalue weighted by molar-refractivity contribution is 7.80. The van der Waals surface area contributed by atoms with Crippen LogP contribution in [0.15, 0.2) is 41.6 Å². The number of aromatic nitrogens is 2. The molecule has 0 saturated heterocycles. The van der Waals surface area contributed by atoms with E-state index in [1.807, 2.05) is 0 Å². The lowest BCUT2D eigenvalue weighted by Gasteiger charge is -2.07.